The molecule has 4 heterocycles. The second kappa shape index (κ2) is 7.18. The van der Waals surface area contributed by atoms with Crippen molar-refractivity contribution in [3.8, 4) is 0 Å². The third-order valence-electron chi connectivity index (χ3n) is 5.32. The van der Waals surface area contributed by atoms with Crippen LogP contribution in [0.4, 0.5) is 4.79 Å². The number of carbonyl (C=O) groups is 1. The quantitative estimate of drug-likeness (QED) is 0.616. The van der Waals surface area contributed by atoms with E-state index >= 15 is 0 Å². The van der Waals surface area contributed by atoms with Gasteiger partial charge in [0.25, 0.3) is 0 Å². The molecule has 2 amide bonds. The Bertz CT molecular complexity index is 1260. The second-order valence-electron chi connectivity index (χ2n) is 7.41. The Morgan fingerprint density at radius 3 is 2.67 bits per heavy atom. The molecule has 0 saturated heterocycles. The minimum atomic E-state index is -3.60. The number of fused-ring (bicyclic) bond motifs is 1. The highest BCUT2D eigenvalue weighted by Crippen LogP contribution is 2.31. The third-order valence-corrected chi connectivity index (χ3v) is 7.90. The number of urea groups is 1. The molecule has 0 bridgehead atoms. The van der Waals surface area contributed by atoms with Crippen LogP contribution in [-0.4, -0.2) is 60.0 Å². The first kappa shape index (κ1) is 19.2. The Kier molecular flexibility index (Phi) is 4.60. The Morgan fingerprint density at radius 2 is 1.97 bits per heavy atom. The van der Waals surface area contributed by atoms with Gasteiger partial charge in [0, 0.05) is 32.2 Å². The van der Waals surface area contributed by atoms with Gasteiger partial charge in [0.1, 0.15) is 0 Å². The van der Waals surface area contributed by atoms with Crippen LogP contribution in [0.1, 0.15) is 11.5 Å². The summed E-state index contributed by atoms with van der Waals surface area (Å²) in [5.74, 6) is 0.593. The number of carbonyl (C=O) groups excluding carboxylic acids is 1. The lowest BCUT2D eigenvalue weighted by molar-refractivity contribution is 0.206. The van der Waals surface area contributed by atoms with E-state index in [-0.39, 0.29) is 17.5 Å². The minimum absolute atomic E-state index is 0.205. The van der Waals surface area contributed by atoms with E-state index < -0.39 is 10.0 Å². The van der Waals surface area contributed by atoms with Gasteiger partial charge in [0.15, 0.2) is 5.76 Å². The van der Waals surface area contributed by atoms with Crippen LogP contribution in [0.3, 0.4) is 0 Å². The highest BCUT2D eigenvalue weighted by atomic mass is 32.2. The summed E-state index contributed by atoms with van der Waals surface area (Å²) >= 11 is 1.42. The number of rotatable bonds is 4. The molecular weight excluding hydrogens is 426 g/mol. The number of nitrogens with one attached hydrogen (secondary N) is 1. The van der Waals surface area contributed by atoms with Gasteiger partial charge in [0.05, 0.1) is 32.9 Å². The number of thiazole rings is 1. The normalized spacial score (nSPS) is 17.2. The maximum atomic E-state index is 13.1. The molecule has 156 valence electrons. The molecule has 11 heteroatoms. The highest BCUT2D eigenvalue weighted by Gasteiger charge is 2.37. The van der Waals surface area contributed by atoms with Crippen LogP contribution in [-0.2, 0) is 16.6 Å². The van der Waals surface area contributed by atoms with Gasteiger partial charge in [-0.25, -0.2) is 18.2 Å². The molecule has 5 rings (SSSR count). The predicted molar refractivity (Wildman–Crippen MR) is 110 cm³/mol. The van der Waals surface area contributed by atoms with Gasteiger partial charge in [-0.3, -0.25) is 0 Å². The first-order valence-electron chi connectivity index (χ1n) is 9.38. The molecule has 2 aromatic heterocycles. The maximum absolute atomic E-state index is 13.1. The number of hydrogen-bond donors (Lipinski definition) is 1. The van der Waals surface area contributed by atoms with Crippen molar-refractivity contribution in [2.45, 2.75) is 18.4 Å². The van der Waals surface area contributed by atoms with E-state index in [1.54, 1.807) is 34.7 Å². The third kappa shape index (κ3) is 3.38. The van der Waals surface area contributed by atoms with Gasteiger partial charge in [-0.1, -0.05) is 5.16 Å². The number of amides is 2. The molecule has 0 fully saturated rings. The van der Waals surface area contributed by atoms with E-state index in [4.69, 9.17) is 4.52 Å². The van der Waals surface area contributed by atoms with Gasteiger partial charge in [0.2, 0.25) is 10.0 Å². The van der Waals surface area contributed by atoms with E-state index in [0.717, 1.165) is 27.1 Å². The lowest BCUT2D eigenvalue weighted by Crippen LogP contribution is -2.41. The number of aromatic nitrogens is 2. The highest BCUT2D eigenvalue weighted by molar-refractivity contribution is 7.89. The molecule has 0 unspecified atom stereocenters. The van der Waals surface area contributed by atoms with E-state index in [9.17, 15) is 13.2 Å². The zero-order valence-electron chi connectivity index (χ0n) is 16.2. The molecule has 0 aliphatic carbocycles. The van der Waals surface area contributed by atoms with Crippen LogP contribution in [0.15, 0.2) is 50.3 Å². The molecule has 9 nitrogen and oxygen atoms in total. The Balaban J connectivity index is 1.21. The van der Waals surface area contributed by atoms with Crippen molar-refractivity contribution >= 4 is 37.6 Å². The van der Waals surface area contributed by atoms with E-state index in [0.29, 0.717) is 31.9 Å². The summed E-state index contributed by atoms with van der Waals surface area (Å²) in [6.45, 7) is 3.56. The molecular formula is C19H19N5O4S2. The fourth-order valence-corrected chi connectivity index (χ4v) is 6.03. The minimum Gasteiger partial charge on any atom is -0.359 e. The van der Waals surface area contributed by atoms with Gasteiger partial charge < -0.3 is 14.7 Å². The van der Waals surface area contributed by atoms with Gasteiger partial charge in [-0.15, -0.1) is 11.3 Å². The summed E-state index contributed by atoms with van der Waals surface area (Å²) in [5.41, 5.74) is 5.24. The standard InChI is InChI=1S/C19H19N5O4S2/c1-12-4-15(28-22-12)6-20-19(25)23-7-13-9-24(10-14(13)8-23)30(26,27)16-2-3-17-18(5-16)29-11-21-17/h2-5,11H,6-10H2,1H3,(H,20,25). The van der Waals surface area contributed by atoms with Crippen LogP contribution in [0, 0.1) is 6.92 Å². The van der Waals surface area contributed by atoms with Crippen molar-refractivity contribution < 1.29 is 17.7 Å². The van der Waals surface area contributed by atoms with Crippen LogP contribution in [0.2, 0.25) is 0 Å². The molecule has 1 aromatic carbocycles. The topological polar surface area (TPSA) is 109 Å². The van der Waals surface area contributed by atoms with E-state index in [2.05, 4.69) is 15.5 Å². The average molecular weight is 446 g/mol. The molecule has 2 aliphatic rings. The van der Waals surface area contributed by atoms with Crippen LogP contribution in [0.5, 0.6) is 0 Å². The Hall–Kier alpha value is -2.76. The molecule has 30 heavy (non-hydrogen) atoms. The van der Waals surface area contributed by atoms with Crippen molar-refractivity contribution in [1.82, 2.24) is 24.7 Å². The fraction of sp³-hybridized carbons (Fsp3) is 0.316. The fourth-order valence-electron chi connectivity index (χ4n) is 3.78. The van der Waals surface area contributed by atoms with E-state index in [1.165, 1.54) is 15.6 Å². The number of hydrogen-bond acceptors (Lipinski definition) is 7. The van der Waals surface area contributed by atoms with Crippen LogP contribution in [0.25, 0.3) is 10.2 Å². The van der Waals surface area contributed by atoms with Crippen LogP contribution < -0.4 is 5.32 Å². The number of sulfonamides is 1. The summed E-state index contributed by atoms with van der Waals surface area (Å²) in [4.78, 5) is 18.6. The number of aryl methyl sites for hydroxylation is 1. The summed E-state index contributed by atoms with van der Waals surface area (Å²) in [6, 6.07) is 6.58. The number of benzene rings is 1. The largest absolute Gasteiger partial charge is 0.359 e. The predicted octanol–water partition coefficient (Wildman–Crippen LogP) is 2.12. The zero-order chi connectivity index (χ0) is 20.9. The monoisotopic (exact) mass is 445 g/mol. The maximum Gasteiger partial charge on any atom is 0.318 e. The molecule has 3 aromatic rings. The summed E-state index contributed by atoms with van der Waals surface area (Å²) in [6.07, 6.45) is 0. The lowest BCUT2D eigenvalue weighted by atomic mass is 10.2. The average Bonchev–Trinajstić information content (AvgIpc) is 3.48. The lowest BCUT2D eigenvalue weighted by Gasteiger charge is -2.23. The summed E-state index contributed by atoms with van der Waals surface area (Å²) in [5, 5.41) is 6.61. The van der Waals surface area contributed by atoms with Crippen molar-refractivity contribution in [1.29, 1.82) is 0 Å². The van der Waals surface area contributed by atoms with Gasteiger partial charge in [-0.2, -0.15) is 4.31 Å². The van der Waals surface area contributed by atoms with Crippen molar-refractivity contribution in [3.63, 3.8) is 0 Å². The first-order chi connectivity index (χ1) is 14.4. The van der Waals surface area contributed by atoms with Crippen molar-refractivity contribution in [3.05, 3.63) is 52.4 Å². The molecule has 1 N–H and O–H groups in total. The molecule has 0 radical (unpaired) electrons. The molecule has 0 spiro atoms. The molecule has 0 atom stereocenters. The molecule has 2 aliphatic heterocycles. The summed E-state index contributed by atoms with van der Waals surface area (Å²) < 4.78 is 33.6. The van der Waals surface area contributed by atoms with E-state index in [1.807, 2.05) is 6.92 Å². The van der Waals surface area contributed by atoms with Crippen molar-refractivity contribution in [2.24, 2.45) is 0 Å². The van der Waals surface area contributed by atoms with Crippen LogP contribution >= 0.6 is 11.3 Å². The summed E-state index contributed by atoms with van der Waals surface area (Å²) in [7, 11) is -3.60. The Labute approximate surface area is 177 Å². The number of nitrogens with zero attached hydrogens (tertiary/aromatic N) is 4. The SMILES string of the molecule is Cc1cc(CNC(=O)N2CC3=C(C2)CN(S(=O)(=O)c2ccc4ncsc4c2)C3)on1. The molecule has 0 saturated carbocycles. The smallest absolute Gasteiger partial charge is 0.318 e. The van der Waals surface area contributed by atoms with Crippen molar-refractivity contribution in [2.75, 3.05) is 26.2 Å². The Morgan fingerprint density at radius 1 is 1.20 bits per heavy atom. The second-order valence-corrected chi connectivity index (χ2v) is 10.2. The van der Waals surface area contributed by atoms with Gasteiger partial charge in [-0.05, 0) is 36.3 Å². The zero-order valence-corrected chi connectivity index (χ0v) is 17.8. The first-order valence-corrected chi connectivity index (χ1v) is 11.7. The van der Waals surface area contributed by atoms with Gasteiger partial charge >= 0.3 is 6.03 Å².